The number of rotatable bonds is 8. The van der Waals surface area contributed by atoms with Gasteiger partial charge in [0.1, 0.15) is 12.0 Å². The Balaban J connectivity index is 2.73. The number of anilines is 1. The molecule has 5 nitrogen and oxygen atoms in total. The Kier molecular flexibility index (Phi) is 6.25. The predicted molar refractivity (Wildman–Crippen MR) is 77.5 cm³/mol. The van der Waals surface area contributed by atoms with Crippen LogP contribution >= 0.6 is 0 Å². The number of pyridine rings is 1. The largest absolute Gasteiger partial charge is 0.367 e. The Hall–Kier alpha value is -1.65. The van der Waals surface area contributed by atoms with Crippen LogP contribution in [0.25, 0.3) is 0 Å². The van der Waals surface area contributed by atoms with Gasteiger partial charge in [0, 0.05) is 11.6 Å². The van der Waals surface area contributed by atoms with Crippen LogP contribution in [0, 0.1) is 17.0 Å². The van der Waals surface area contributed by atoms with Gasteiger partial charge in [-0.2, -0.15) is 0 Å². The van der Waals surface area contributed by atoms with Crippen LogP contribution in [-0.4, -0.2) is 15.9 Å². The molecule has 0 radical (unpaired) electrons. The number of nitrogens with one attached hydrogen (secondary N) is 1. The minimum atomic E-state index is -0.396. The molecule has 0 bridgehead atoms. The normalized spacial score (nSPS) is 12.2. The topological polar surface area (TPSA) is 68.1 Å². The molecule has 1 heterocycles. The fourth-order valence-electron chi connectivity index (χ4n) is 2.12. The molecule has 0 saturated carbocycles. The summed E-state index contributed by atoms with van der Waals surface area (Å²) in [5.41, 5.74) is 0.722. The van der Waals surface area contributed by atoms with Gasteiger partial charge >= 0.3 is 0 Å². The van der Waals surface area contributed by atoms with Gasteiger partial charge in [0.2, 0.25) is 0 Å². The molecule has 1 rings (SSSR count). The fourth-order valence-corrected chi connectivity index (χ4v) is 2.12. The first-order valence-electron chi connectivity index (χ1n) is 6.96. The highest BCUT2D eigenvalue weighted by Crippen LogP contribution is 2.20. The predicted octanol–water partition coefficient (Wildman–Crippen LogP) is 4.07. The second kappa shape index (κ2) is 7.71. The number of hydrogen-bond donors (Lipinski definition) is 1. The van der Waals surface area contributed by atoms with E-state index in [-0.39, 0.29) is 5.69 Å². The fraction of sp³-hybridized carbons (Fsp3) is 0.643. The minimum absolute atomic E-state index is 0.0751. The molecule has 0 aliphatic rings. The van der Waals surface area contributed by atoms with Gasteiger partial charge in [-0.05, 0) is 25.8 Å². The third kappa shape index (κ3) is 4.85. The molecule has 1 aromatic heterocycles. The van der Waals surface area contributed by atoms with E-state index in [0.717, 1.165) is 25.1 Å². The van der Waals surface area contributed by atoms with E-state index in [0.29, 0.717) is 11.6 Å². The number of hydrogen-bond acceptors (Lipinski definition) is 4. The lowest BCUT2D eigenvalue weighted by Gasteiger charge is -2.18. The van der Waals surface area contributed by atoms with Gasteiger partial charge < -0.3 is 5.32 Å². The van der Waals surface area contributed by atoms with Crippen LogP contribution in [0.2, 0.25) is 0 Å². The summed E-state index contributed by atoms with van der Waals surface area (Å²) in [5, 5.41) is 14.1. The SMILES string of the molecule is CCCCC(CCC)Nc1cc(C)c([N+](=O)[O-])cn1. The second-order valence-electron chi connectivity index (χ2n) is 4.89. The van der Waals surface area contributed by atoms with E-state index in [1.165, 1.54) is 19.0 Å². The third-order valence-electron chi connectivity index (χ3n) is 3.18. The molecule has 19 heavy (non-hydrogen) atoms. The molecule has 0 amide bonds. The molecule has 1 aromatic rings. The second-order valence-corrected chi connectivity index (χ2v) is 4.89. The number of nitro groups is 1. The van der Waals surface area contributed by atoms with Crippen molar-refractivity contribution in [3.63, 3.8) is 0 Å². The molecule has 0 aliphatic carbocycles. The molecule has 0 saturated heterocycles. The van der Waals surface area contributed by atoms with Gasteiger partial charge in [-0.3, -0.25) is 10.1 Å². The van der Waals surface area contributed by atoms with E-state index in [4.69, 9.17) is 0 Å². The van der Waals surface area contributed by atoms with Gasteiger partial charge in [0.25, 0.3) is 5.69 Å². The maximum Gasteiger partial charge on any atom is 0.290 e. The number of nitrogens with zero attached hydrogens (tertiary/aromatic N) is 2. The van der Waals surface area contributed by atoms with Crippen LogP contribution in [0.15, 0.2) is 12.3 Å². The van der Waals surface area contributed by atoms with Crippen LogP contribution in [0.1, 0.15) is 51.5 Å². The van der Waals surface area contributed by atoms with E-state index >= 15 is 0 Å². The average molecular weight is 265 g/mol. The summed E-state index contributed by atoms with van der Waals surface area (Å²) >= 11 is 0. The van der Waals surface area contributed by atoms with Crippen LogP contribution in [-0.2, 0) is 0 Å². The van der Waals surface area contributed by atoms with Crippen LogP contribution < -0.4 is 5.32 Å². The molecular formula is C14H23N3O2. The average Bonchev–Trinajstić information content (AvgIpc) is 2.36. The highest BCUT2D eigenvalue weighted by atomic mass is 16.6. The van der Waals surface area contributed by atoms with Crippen molar-refractivity contribution in [2.75, 3.05) is 5.32 Å². The van der Waals surface area contributed by atoms with Gasteiger partial charge in [-0.1, -0.05) is 33.1 Å². The summed E-state index contributed by atoms with van der Waals surface area (Å²) in [6.07, 6.45) is 7.02. The molecule has 0 spiro atoms. The van der Waals surface area contributed by atoms with Crippen LogP contribution in [0.4, 0.5) is 11.5 Å². The van der Waals surface area contributed by atoms with Crippen molar-refractivity contribution in [2.45, 2.75) is 58.9 Å². The number of aromatic nitrogens is 1. The Morgan fingerprint density at radius 1 is 1.37 bits per heavy atom. The zero-order valence-electron chi connectivity index (χ0n) is 12.0. The third-order valence-corrected chi connectivity index (χ3v) is 3.18. The van der Waals surface area contributed by atoms with Crippen molar-refractivity contribution >= 4 is 11.5 Å². The summed E-state index contributed by atoms with van der Waals surface area (Å²) in [6.45, 7) is 6.08. The van der Waals surface area contributed by atoms with Crippen molar-refractivity contribution < 1.29 is 4.92 Å². The lowest BCUT2D eigenvalue weighted by molar-refractivity contribution is -0.385. The van der Waals surface area contributed by atoms with Crippen LogP contribution in [0.3, 0.4) is 0 Å². The molecule has 1 unspecified atom stereocenters. The minimum Gasteiger partial charge on any atom is -0.367 e. The first kappa shape index (κ1) is 15.4. The molecule has 0 aromatic carbocycles. The van der Waals surface area contributed by atoms with Crippen molar-refractivity contribution in [1.82, 2.24) is 4.98 Å². The maximum absolute atomic E-state index is 10.7. The van der Waals surface area contributed by atoms with Gasteiger partial charge in [0.05, 0.1) is 4.92 Å². The van der Waals surface area contributed by atoms with E-state index in [2.05, 4.69) is 24.1 Å². The van der Waals surface area contributed by atoms with Crippen molar-refractivity contribution in [3.05, 3.63) is 27.9 Å². The van der Waals surface area contributed by atoms with E-state index in [9.17, 15) is 10.1 Å². The molecule has 1 N–H and O–H groups in total. The number of unbranched alkanes of at least 4 members (excludes halogenated alkanes) is 1. The summed E-state index contributed by atoms with van der Waals surface area (Å²) in [5.74, 6) is 0.734. The summed E-state index contributed by atoms with van der Waals surface area (Å²) < 4.78 is 0. The highest BCUT2D eigenvalue weighted by Gasteiger charge is 2.13. The Morgan fingerprint density at radius 2 is 2.11 bits per heavy atom. The first-order chi connectivity index (χ1) is 9.08. The molecule has 106 valence electrons. The Bertz CT molecular complexity index is 421. The van der Waals surface area contributed by atoms with Crippen LogP contribution in [0.5, 0.6) is 0 Å². The maximum atomic E-state index is 10.7. The summed E-state index contributed by atoms with van der Waals surface area (Å²) in [4.78, 5) is 14.5. The monoisotopic (exact) mass is 265 g/mol. The molecule has 0 fully saturated rings. The van der Waals surface area contributed by atoms with E-state index in [1.807, 2.05) is 0 Å². The first-order valence-corrected chi connectivity index (χ1v) is 6.96. The smallest absolute Gasteiger partial charge is 0.290 e. The molecule has 0 aliphatic heterocycles. The van der Waals surface area contributed by atoms with Crippen molar-refractivity contribution in [1.29, 1.82) is 0 Å². The lowest BCUT2D eigenvalue weighted by atomic mass is 10.1. The van der Waals surface area contributed by atoms with Crippen molar-refractivity contribution in [2.24, 2.45) is 0 Å². The summed E-state index contributed by atoms with van der Waals surface area (Å²) in [7, 11) is 0. The standard InChI is InChI=1S/C14H23N3O2/c1-4-6-8-12(7-5-2)16-14-9-11(3)13(10-15-14)17(18)19/h9-10,12H,4-8H2,1-3H3,(H,15,16). The van der Waals surface area contributed by atoms with Gasteiger partial charge in [0.15, 0.2) is 0 Å². The number of aryl methyl sites for hydroxylation is 1. The Morgan fingerprint density at radius 3 is 2.63 bits per heavy atom. The quantitative estimate of drug-likeness (QED) is 0.568. The van der Waals surface area contributed by atoms with Crippen molar-refractivity contribution in [3.8, 4) is 0 Å². The van der Waals surface area contributed by atoms with Gasteiger partial charge in [-0.25, -0.2) is 4.98 Å². The zero-order chi connectivity index (χ0) is 14.3. The van der Waals surface area contributed by atoms with E-state index < -0.39 is 4.92 Å². The Labute approximate surface area is 114 Å². The molecule has 5 heteroatoms. The zero-order valence-corrected chi connectivity index (χ0v) is 12.0. The van der Waals surface area contributed by atoms with E-state index in [1.54, 1.807) is 13.0 Å². The lowest BCUT2D eigenvalue weighted by Crippen LogP contribution is -2.20. The van der Waals surface area contributed by atoms with Gasteiger partial charge in [-0.15, -0.1) is 0 Å². The highest BCUT2D eigenvalue weighted by molar-refractivity contribution is 5.47. The molecular weight excluding hydrogens is 242 g/mol. The molecule has 1 atom stereocenters. The summed E-state index contributed by atoms with van der Waals surface area (Å²) in [6, 6.07) is 2.16.